The van der Waals surface area contributed by atoms with Crippen molar-refractivity contribution in [1.82, 2.24) is 4.90 Å². The monoisotopic (exact) mass is 325 g/mol. The van der Waals surface area contributed by atoms with Crippen LogP contribution >= 0.6 is 0 Å². The number of alkyl halides is 3. The summed E-state index contributed by atoms with van der Waals surface area (Å²) in [5, 5.41) is 0. The first-order valence-corrected chi connectivity index (χ1v) is 7.07. The predicted molar refractivity (Wildman–Crippen MR) is 74.7 cm³/mol. The van der Waals surface area contributed by atoms with Crippen LogP contribution in [0.3, 0.4) is 0 Å². The average molecular weight is 325 g/mol. The average Bonchev–Trinajstić information content (AvgIpc) is 3.08. The van der Waals surface area contributed by atoms with Crippen LogP contribution in [0.25, 0.3) is 0 Å². The number of hydrogen-bond donors (Lipinski definition) is 0. The van der Waals surface area contributed by atoms with Crippen LogP contribution < -0.4 is 0 Å². The van der Waals surface area contributed by atoms with Crippen molar-refractivity contribution in [2.45, 2.75) is 12.3 Å². The number of nitrogens with zero attached hydrogens (tertiary/aromatic N) is 1. The molecule has 3 rings (SSSR count). The van der Waals surface area contributed by atoms with Gasteiger partial charge in [0.25, 0.3) is 5.91 Å². The Bertz CT molecular complexity index is 682. The van der Waals surface area contributed by atoms with Crippen LogP contribution in [0.2, 0.25) is 0 Å². The number of furan rings is 1. The molecule has 1 aliphatic rings. The molecule has 23 heavy (non-hydrogen) atoms. The summed E-state index contributed by atoms with van der Waals surface area (Å²) in [6.07, 6.45) is -3.90. The SMILES string of the molecule is O=C(c1ccco1)N1CCOC(c2ccccc2C(F)(F)F)C1. The zero-order valence-corrected chi connectivity index (χ0v) is 12.0. The third kappa shape index (κ3) is 3.24. The molecule has 0 spiro atoms. The van der Waals surface area contributed by atoms with Crippen LogP contribution in [0, 0.1) is 0 Å². The Balaban J connectivity index is 1.84. The molecule has 0 N–H and O–H groups in total. The van der Waals surface area contributed by atoms with Crippen molar-refractivity contribution in [2.24, 2.45) is 0 Å². The van der Waals surface area contributed by atoms with Crippen LogP contribution in [-0.2, 0) is 10.9 Å². The fourth-order valence-electron chi connectivity index (χ4n) is 2.61. The molecule has 0 saturated carbocycles. The van der Waals surface area contributed by atoms with Crippen molar-refractivity contribution in [2.75, 3.05) is 19.7 Å². The van der Waals surface area contributed by atoms with Gasteiger partial charge in [0.1, 0.15) is 6.10 Å². The summed E-state index contributed by atoms with van der Waals surface area (Å²) in [7, 11) is 0. The van der Waals surface area contributed by atoms with E-state index in [2.05, 4.69) is 0 Å². The molecule has 122 valence electrons. The van der Waals surface area contributed by atoms with Crippen LogP contribution in [-0.4, -0.2) is 30.5 Å². The minimum atomic E-state index is -4.47. The van der Waals surface area contributed by atoms with Crippen molar-refractivity contribution in [3.8, 4) is 0 Å². The van der Waals surface area contributed by atoms with E-state index < -0.39 is 17.8 Å². The first kappa shape index (κ1) is 15.6. The fourth-order valence-corrected chi connectivity index (χ4v) is 2.61. The fraction of sp³-hybridized carbons (Fsp3) is 0.312. The van der Waals surface area contributed by atoms with Crippen molar-refractivity contribution in [1.29, 1.82) is 0 Å². The summed E-state index contributed by atoms with van der Waals surface area (Å²) in [6.45, 7) is 0.528. The van der Waals surface area contributed by atoms with Gasteiger partial charge in [0, 0.05) is 6.54 Å². The molecular formula is C16H14F3NO3. The summed E-state index contributed by atoms with van der Waals surface area (Å²) in [4.78, 5) is 13.7. The highest BCUT2D eigenvalue weighted by Crippen LogP contribution is 2.36. The highest BCUT2D eigenvalue weighted by Gasteiger charge is 2.37. The lowest BCUT2D eigenvalue weighted by atomic mass is 10.0. The number of amides is 1. The number of benzene rings is 1. The molecule has 1 unspecified atom stereocenters. The Kier molecular flexibility index (Phi) is 4.12. The minimum absolute atomic E-state index is 0.0388. The molecule has 0 aliphatic carbocycles. The van der Waals surface area contributed by atoms with E-state index in [1.165, 1.54) is 35.4 Å². The first-order valence-electron chi connectivity index (χ1n) is 7.07. The molecule has 1 amide bonds. The van der Waals surface area contributed by atoms with Gasteiger partial charge in [0.2, 0.25) is 0 Å². The summed E-state index contributed by atoms with van der Waals surface area (Å²) in [5.41, 5.74) is -0.700. The zero-order valence-electron chi connectivity index (χ0n) is 12.0. The Labute approximate surface area is 130 Å². The van der Waals surface area contributed by atoms with Gasteiger partial charge in [0.05, 0.1) is 25.0 Å². The standard InChI is InChI=1S/C16H14F3NO3/c17-16(18,19)12-5-2-1-4-11(12)14-10-20(7-9-23-14)15(21)13-6-3-8-22-13/h1-6,8,14H,7,9-10H2. The molecule has 1 saturated heterocycles. The van der Waals surface area contributed by atoms with E-state index in [0.29, 0.717) is 6.54 Å². The highest BCUT2D eigenvalue weighted by atomic mass is 19.4. The van der Waals surface area contributed by atoms with Gasteiger partial charge in [-0.15, -0.1) is 0 Å². The third-order valence-corrected chi connectivity index (χ3v) is 3.70. The van der Waals surface area contributed by atoms with Crippen LogP contribution in [0.4, 0.5) is 13.2 Å². The van der Waals surface area contributed by atoms with Gasteiger partial charge in [0.15, 0.2) is 5.76 Å². The third-order valence-electron chi connectivity index (χ3n) is 3.70. The molecule has 1 aromatic carbocycles. The van der Waals surface area contributed by atoms with Gasteiger partial charge in [-0.1, -0.05) is 18.2 Å². The normalized spacial score (nSPS) is 18.9. The second-order valence-electron chi connectivity index (χ2n) is 5.17. The highest BCUT2D eigenvalue weighted by molar-refractivity contribution is 5.91. The lowest BCUT2D eigenvalue weighted by molar-refractivity contribution is -0.140. The van der Waals surface area contributed by atoms with Crippen molar-refractivity contribution in [3.05, 3.63) is 59.5 Å². The number of carbonyl (C=O) groups excluding carboxylic acids is 1. The van der Waals surface area contributed by atoms with Crippen LogP contribution in [0.15, 0.2) is 47.1 Å². The topological polar surface area (TPSA) is 42.7 Å². The number of carbonyl (C=O) groups is 1. The minimum Gasteiger partial charge on any atom is -0.459 e. The molecule has 2 aromatic rings. The van der Waals surface area contributed by atoms with Gasteiger partial charge in [-0.3, -0.25) is 4.79 Å². The maximum Gasteiger partial charge on any atom is 0.416 e. The number of halogens is 3. The molecule has 1 aromatic heterocycles. The molecule has 4 nitrogen and oxygen atoms in total. The lowest BCUT2D eigenvalue weighted by Crippen LogP contribution is -2.42. The summed E-state index contributed by atoms with van der Waals surface area (Å²) in [6, 6.07) is 8.38. The van der Waals surface area contributed by atoms with Crippen molar-refractivity contribution in [3.63, 3.8) is 0 Å². The number of morpholine rings is 1. The molecule has 2 heterocycles. The van der Waals surface area contributed by atoms with E-state index in [4.69, 9.17) is 9.15 Å². The van der Waals surface area contributed by atoms with E-state index >= 15 is 0 Å². The molecule has 1 fully saturated rings. The molecule has 1 atom stereocenters. The Morgan fingerprint density at radius 3 is 2.65 bits per heavy atom. The van der Waals surface area contributed by atoms with Crippen molar-refractivity contribution >= 4 is 5.91 Å². The van der Waals surface area contributed by atoms with E-state index in [1.807, 2.05) is 0 Å². The maximum atomic E-state index is 13.1. The van der Waals surface area contributed by atoms with Gasteiger partial charge < -0.3 is 14.1 Å². The summed E-state index contributed by atoms with van der Waals surface area (Å²) >= 11 is 0. The Hall–Kier alpha value is -2.28. The maximum absolute atomic E-state index is 13.1. The number of hydrogen-bond acceptors (Lipinski definition) is 3. The molecule has 7 heteroatoms. The molecule has 1 aliphatic heterocycles. The quantitative estimate of drug-likeness (QED) is 0.848. The van der Waals surface area contributed by atoms with E-state index in [0.717, 1.165) is 6.07 Å². The van der Waals surface area contributed by atoms with Gasteiger partial charge in [-0.25, -0.2) is 0 Å². The van der Waals surface area contributed by atoms with Crippen molar-refractivity contribution < 1.29 is 27.1 Å². The van der Waals surface area contributed by atoms with Gasteiger partial charge >= 0.3 is 6.18 Å². The largest absolute Gasteiger partial charge is 0.459 e. The Morgan fingerprint density at radius 2 is 1.96 bits per heavy atom. The Morgan fingerprint density at radius 1 is 1.17 bits per heavy atom. The molecule has 0 radical (unpaired) electrons. The lowest BCUT2D eigenvalue weighted by Gasteiger charge is -2.33. The summed E-state index contributed by atoms with van der Waals surface area (Å²) in [5.74, 6) is -0.192. The molecular weight excluding hydrogens is 311 g/mol. The smallest absolute Gasteiger partial charge is 0.416 e. The van der Waals surface area contributed by atoms with E-state index in [9.17, 15) is 18.0 Å². The number of ether oxygens (including phenoxy) is 1. The first-order chi connectivity index (χ1) is 11.0. The molecule has 0 bridgehead atoms. The number of rotatable bonds is 2. The van der Waals surface area contributed by atoms with E-state index in [1.54, 1.807) is 6.07 Å². The predicted octanol–water partition coefficient (Wildman–Crippen LogP) is 3.51. The van der Waals surface area contributed by atoms with Gasteiger partial charge in [-0.2, -0.15) is 13.2 Å². The zero-order chi connectivity index (χ0) is 16.4. The van der Waals surface area contributed by atoms with Gasteiger partial charge in [-0.05, 0) is 23.8 Å². The summed E-state index contributed by atoms with van der Waals surface area (Å²) < 4.78 is 49.9. The van der Waals surface area contributed by atoms with Crippen LogP contribution in [0.5, 0.6) is 0 Å². The van der Waals surface area contributed by atoms with Crippen LogP contribution in [0.1, 0.15) is 27.8 Å². The second-order valence-corrected chi connectivity index (χ2v) is 5.17. The second kappa shape index (κ2) is 6.08. The van der Waals surface area contributed by atoms with E-state index in [-0.39, 0.29) is 30.4 Å².